The predicted molar refractivity (Wildman–Crippen MR) is 72.8 cm³/mol. The lowest BCUT2D eigenvalue weighted by atomic mass is 9.97. The molecule has 1 saturated heterocycles. The molecule has 1 aliphatic carbocycles. The first kappa shape index (κ1) is 14.8. The van der Waals surface area contributed by atoms with Crippen LogP contribution in [0.4, 0.5) is 0 Å². The van der Waals surface area contributed by atoms with Gasteiger partial charge < -0.3 is 5.11 Å². The van der Waals surface area contributed by atoms with Gasteiger partial charge in [0.25, 0.3) is 0 Å². The lowest BCUT2D eigenvalue weighted by molar-refractivity contribution is -0.139. The SMILES string of the molecule is CCC1CCCC1N(CC(=O)O)C1CCS(=O)(=O)C1. The van der Waals surface area contributed by atoms with E-state index in [4.69, 9.17) is 5.11 Å². The molecule has 2 aliphatic rings. The summed E-state index contributed by atoms with van der Waals surface area (Å²) in [5.41, 5.74) is 0. The maximum atomic E-state index is 11.6. The van der Waals surface area contributed by atoms with Gasteiger partial charge in [-0.15, -0.1) is 0 Å². The van der Waals surface area contributed by atoms with Gasteiger partial charge in [0.05, 0.1) is 18.1 Å². The number of rotatable bonds is 5. The molecule has 0 aromatic rings. The first-order valence-electron chi connectivity index (χ1n) is 7.11. The molecule has 0 radical (unpaired) electrons. The van der Waals surface area contributed by atoms with Crippen LogP contribution in [-0.2, 0) is 14.6 Å². The molecule has 19 heavy (non-hydrogen) atoms. The third kappa shape index (κ3) is 3.48. The first-order valence-corrected chi connectivity index (χ1v) is 8.93. The highest BCUT2D eigenvalue weighted by Gasteiger charge is 2.40. The zero-order valence-electron chi connectivity index (χ0n) is 11.4. The van der Waals surface area contributed by atoms with Gasteiger partial charge in [-0.2, -0.15) is 0 Å². The molecule has 5 nitrogen and oxygen atoms in total. The van der Waals surface area contributed by atoms with E-state index in [1.807, 2.05) is 4.90 Å². The van der Waals surface area contributed by atoms with Crippen LogP contribution < -0.4 is 0 Å². The number of carboxylic acids is 1. The lowest BCUT2D eigenvalue weighted by Gasteiger charge is -2.35. The van der Waals surface area contributed by atoms with Crippen molar-refractivity contribution in [1.82, 2.24) is 4.90 Å². The van der Waals surface area contributed by atoms with E-state index < -0.39 is 15.8 Å². The van der Waals surface area contributed by atoms with Gasteiger partial charge >= 0.3 is 5.97 Å². The van der Waals surface area contributed by atoms with Gasteiger partial charge in [-0.3, -0.25) is 9.69 Å². The second-order valence-electron chi connectivity index (χ2n) is 5.79. The average Bonchev–Trinajstić information content (AvgIpc) is 2.91. The molecule has 6 heteroatoms. The van der Waals surface area contributed by atoms with Crippen molar-refractivity contribution in [1.29, 1.82) is 0 Å². The Balaban J connectivity index is 2.14. The molecule has 0 aromatic carbocycles. The molecule has 2 fully saturated rings. The molecule has 0 spiro atoms. The number of hydrogen-bond donors (Lipinski definition) is 1. The number of carbonyl (C=O) groups is 1. The average molecular weight is 289 g/mol. The summed E-state index contributed by atoms with van der Waals surface area (Å²) >= 11 is 0. The van der Waals surface area contributed by atoms with Crippen molar-refractivity contribution >= 4 is 15.8 Å². The van der Waals surface area contributed by atoms with Crippen LogP contribution in [0.3, 0.4) is 0 Å². The molecule has 0 bridgehead atoms. The maximum Gasteiger partial charge on any atom is 0.317 e. The fourth-order valence-corrected chi connectivity index (χ4v) is 5.38. The highest BCUT2D eigenvalue weighted by Crippen LogP contribution is 2.35. The Morgan fingerprint density at radius 3 is 2.58 bits per heavy atom. The molecular weight excluding hydrogens is 266 g/mol. The van der Waals surface area contributed by atoms with Crippen LogP contribution in [-0.4, -0.2) is 54.5 Å². The minimum atomic E-state index is -2.96. The number of aliphatic carboxylic acids is 1. The predicted octanol–water partition coefficient (Wildman–Crippen LogP) is 1.14. The third-order valence-electron chi connectivity index (χ3n) is 4.56. The van der Waals surface area contributed by atoms with Crippen molar-refractivity contribution in [3.63, 3.8) is 0 Å². The second-order valence-corrected chi connectivity index (χ2v) is 8.02. The smallest absolute Gasteiger partial charge is 0.317 e. The van der Waals surface area contributed by atoms with Crippen LogP contribution in [0.25, 0.3) is 0 Å². The van der Waals surface area contributed by atoms with Crippen LogP contribution in [0, 0.1) is 5.92 Å². The Bertz CT molecular complexity index is 434. The summed E-state index contributed by atoms with van der Waals surface area (Å²) in [6, 6.07) is 0.151. The topological polar surface area (TPSA) is 74.7 Å². The van der Waals surface area contributed by atoms with Crippen molar-refractivity contribution in [3.05, 3.63) is 0 Å². The lowest BCUT2D eigenvalue weighted by Crippen LogP contribution is -2.48. The Hall–Kier alpha value is -0.620. The van der Waals surface area contributed by atoms with E-state index in [-0.39, 0.29) is 30.1 Å². The molecule has 1 N–H and O–H groups in total. The normalized spacial score (nSPS) is 33.9. The van der Waals surface area contributed by atoms with Gasteiger partial charge in [-0.05, 0) is 25.2 Å². The van der Waals surface area contributed by atoms with Crippen molar-refractivity contribution in [2.24, 2.45) is 5.92 Å². The van der Waals surface area contributed by atoms with Gasteiger partial charge in [0.2, 0.25) is 0 Å². The summed E-state index contributed by atoms with van der Waals surface area (Å²) < 4.78 is 23.2. The van der Waals surface area contributed by atoms with Crippen molar-refractivity contribution in [2.75, 3.05) is 18.1 Å². The summed E-state index contributed by atoms with van der Waals surface area (Å²) in [5.74, 6) is -0.00135. The number of hydrogen-bond acceptors (Lipinski definition) is 4. The minimum absolute atomic E-state index is 0.0264. The number of carboxylic acid groups (broad SMARTS) is 1. The van der Waals surface area contributed by atoms with Crippen molar-refractivity contribution in [3.8, 4) is 0 Å². The van der Waals surface area contributed by atoms with Crippen LogP contribution in [0.15, 0.2) is 0 Å². The summed E-state index contributed by atoms with van der Waals surface area (Å²) in [6.07, 6.45) is 4.89. The summed E-state index contributed by atoms with van der Waals surface area (Å²) in [7, 11) is -2.96. The van der Waals surface area contributed by atoms with E-state index in [2.05, 4.69) is 6.92 Å². The highest BCUT2D eigenvalue weighted by atomic mass is 32.2. The third-order valence-corrected chi connectivity index (χ3v) is 6.31. The Labute approximate surface area is 114 Å². The van der Waals surface area contributed by atoms with E-state index >= 15 is 0 Å². The maximum absolute atomic E-state index is 11.6. The molecule has 0 amide bonds. The van der Waals surface area contributed by atoms with Crippen molar-refractivity contribution in [2.45, 2.75) is 51.1 Å². The Kier molecular flexibility index (Phi) is 4.50. The Morgan fingerprint density at radius 1 is 1.32 bits per heavy atom. The van der Waals surface area contributed by atoms with Crippen LogP contribution in [0.2, 0.25) is 0 Å². The first-order chi connectivity index (χ1) is 8.93. The van der Waals surface area contributed by atoms with Gasteiger partial charge in [0.1, 0.15) is 0 Å². The second kappa shape index (κ2) is 5.79. The van der Waals surface area contributed by atoms with E-state index in [0.29, 0.717) is 12.3 Å². The van der Waals surface area contributed by atoms with E-state index in [9.17, 15) is 13.2 Å². The highest BCUT2D eigenvalue weighted by molar-refractivity contribution is 7.91. The summed E-state index contributed by atoms with van der Waals surface area (Å²) in [4.78, 5) is 13.1. The van der Waals surface area contributed by atoms with Crippen LogP contribution in [0.1, 0.15) is 39.0 Å². The molecule has 1 aliphatic heterocycles. The van der Waals surface area contributed by atoms with E-state index in [1.165, 1.54) is 0 Å². The summed E-state index contributed by atoms with van der Waals surface area (Å²) in [6.45, 7) is 2.11. The fraction of sp³-hybridized carbons (Fsp3) is 0.923. The van der Waals surface area contributed by atoms with Gasteiger partial charge in [0, 0.05) is 12.1 Å². The molecule has 0 aromatic heterocycles. The molecule has 2 rings (SSSR count). The largest absolute Gasteiger partial charge is 0.480 e. The monoisotopic (exact) mass is 289 g/mol. The van der Waals surface area contributed by atoms with Crippen LogP contribution in [0.5, 0.6) is 0 Å². The molecule has 3 atom stereocenters. The van der Waals surface area contributed by atoms with Gasteiger partial charge in [-0.25, -0.2) is 8.42 Å². The Morgan fingerprint density at radius 2 is 2.05 bits per heavy atom. The molecule has 3 unspecified atom stereocenters. The fourth-order valence-electron chi connectivity index (χ4n) is 3.64. The zero-order chi connectivity index (χ0) is 14.0. The number of nitrogens with zero attached hydrogens (tertiary/aromatic N) is 1. The zero-order valence-corrected chi connectivity index (χ0v) is 12.2. The molecular formula is C13H23NO4S. The van der Waals surface area contributed by atoms with E-state index in [0.717, 1.165) is 25.7 Å². The quantitative estimate of drug-likeness (QED) is 0.821. The summed E-state index contributed by atoms with van der Waals surface area (Å²) in [5, 5.41) is 9.10. The van der Waals surface area contributed by atoms with Gasteiger partial charge in [-0.1, -0.05) is 19.8 Å². The standard InChI is InChI=1S/C13H23NO4S/c1-2-10-4-3-5-12(10)14(8-13(15)16)11-6-7-19(17,18)9-11/h10-12H,2-9H2,1H3,(H,15,16). The van der Waals surface area contributed by atoms with Crippen molar-refractivity contribution < 1.29 is 18.3 Å². The molecule has 110 valence electrons. The van der Waals surface area contributed by atoms with Gasteiger partial charge in [0.15, 0.2) is 9.84 Å². The molecule has 1 heterocycles. The van der Waals surface area contributed by atoms with E-state index in [1.54, 1.807) is 0 Å². The van der Waals surface area contributed by atoms with Crippen LogP contribution >= 0.6 is 0 Å². The number of sulfone groups is 1. The molecule has 1 saturated carbocycles. The minimum Gasteiger partial charge on any atom is -0.480 e.